The van der Waals surface area contributed by atoms with Gasteiger partial charge in [0.05, 0.1) is 11.4 Å². The topological polar surface area (TPSA) is 74.0 Å². The van der Waals surface area contributed by atoms with Crippen LogP contribution in [-0.4, -0.2) is 39.5 Å². The van der Waals surface area contributed by atoms with Gasteiger partial charge in [-0.15, -0.1) is 0 Å². The van der Waals surface area contributed by atoms with Gasteiger partial charge >= 0.3 is 6.18 Å². The summed E-state index contributed by atoms with van der Waals surface area (Å²) >= 11 is 6.01. The number of hydrogen-bond acceptors (Lipinski definition) is 3. The molecule has 0 spiro atoms. The molecule has 1 saturated heterocycles. The quantitative estimate of drug-likeness (QED) is 0.167. The van der Waals surface area contributed by atoms with Crippen LogP contribution in [0.4, 0.5) is 23.2 Å². The number of carbonyl (C=O) groups excluding carboxylic acids is 1. The first-order valence-corrected chi connectivity index (χ1v) is 12.3. The molecule has 11 heteroatoms. The normalized spacial score (nSPS) is 14.1. The highest BCUT2D eigenvalue weighted by atomic mass is 35.5. The third-order valence-corrected chi connectivity index (χ3v) is 6.66. The number of piperidine rings is 1. The Morgan fingerprint density at radius 2 is 1.66 bits per heavy atom. The Morgan fingerprint density at radius 3 is 2.37 bits per heavy atom. The first-order chi connectivity index (χ1) is 18.1. The van der Waals surface area contributed by atoms with Crippen molar-refractivity contribution in [1.29, 1.82) is 5.41 Å². The van der Waals surface area contributed by atoms with Gasteiger partial charge in [0.25, 0.3) is 5.91 Å². The molecule has 0 bridgehead atoms. The van der Waals surface area contributed by atoms with Crippen molar-refractivity contribution < 1.29 is 22.4 Å². The van der Waals surface area contributed by atoms with Crippen molar-refractivity contribution in [2.45, 2.75) is 25.4 Å². The zero-order chi connectivity index (χ0) is 27.0. The van der Waals surface area contributed by atoms with Gasteiger partial charge in [-0.2, -0.15) is 18.3 Å². The largest absolute Gasteiger partial charge is 0.435 e. The molecule has 38 heavy (non-hydrogen) atoms. The first kappa shape index (κ1) is 25.7. The molecule has 1 aliphatic rings. The van der Waals surface area contributed by atoms with Gasteiger partial charge in [0, 0.05) is 29.7 Å². The molecule has 4 aromatic rings. The van der Waals surface area contributed by atoms with Crippen LogP contribution in [0.3, 0.4) is 0 Å². The van der Waals surface area contributed by atoms with E-state index < -0.39 is 29.3 Å². The van der Waals surface area contributed by atoms with Crippen molar-refractivity contribution >= 4 is 39.8 Å². The summed E-state index contributed by atoms with van der Waals surface area (Å²) in [6.45, 7) is 1.43. The van der Waals surface area contributed by atoms with Crippen LogP contribution >= 0.6 is 11.6 Å². The van der Waals surface area contributed by atoms with Crippen LogP contribution in [0.2, 0.25) is 5.02 Å². The van der Waals surface area contributed by atoms with E-state index in [2.05, 4.69) is 10.4 Å². The van der Waals surface area contributed by atoms with E-state index in [4.69, 9.17) is 17.0 Å². The maximum absolute atomic E-state index is 14.9. The lowest BCUT2D eigenvalue weighted by atomic mass is 10.1. The molecule has 2 N–H and O–H groups in total. The Balaban J connectivity index is 1.45. The molecule has 0 atom stereocenters. The monoisotopic (exact) mass is 543 g/mol. The molecule has 1 aliphatic heterocycles. The minimum Gasteiger partial charge on any atom is -0.357 e. The molecule has 5 rings (SSSR count). The van der Waals surface area contributed by atoms with Crippen LogP contribution in [0, 0.1) is 11.2 Å². The van der Waals surface area contributed by atoms with Gasteiger partial charge in [0.2, 0.25) is 0 Å². The Labute approximate surface area is 220 Å². The molecule has 1 amide bonds. The van der Waals surface area contributed by atoms with Gasteiger partial charge in [0.15, 0.2) is 5.69 Å². The lowest BCUT2D eigenvalue weighted by molar-refractivity contribution is -0.141. The highest BCUT2D eigenvalue weighted by molar-refractivity contribution is 6.31. The van der Waals surface area contributed by atoms with E-state index in [-0.39, 0.29) is 17.2 Å². The number of carbonyl (C=O) groups is 1. The van der Waals surface area contributed by atoms with Crippen molar-refractivity contribution in [1.82, 2.24) is 14.7 Å². The smallest absolute Gasteiger partial charge is 0.357 e. The maximum atomic E-state index is 14.9. The summed E-state index contributed by atoms with van der Waals surface area (Å²) in [7, 11) is 0. The maximum Gasteiger partial charge on any atom is 0.435 e. The summed E-state index contributed by atoms with van der Waals surface area (Å²) in [5.41, 5.74) is -1.34. The number of anilines is 1. The summed E-state index contributed by atoms with van der Waals surface area (Å²) in [5, 5.41) is 16.3. The number of amidine groups is 1. The van der Waals surface area contributed by atoms with Crippen LogP contribution in [0.15, 0.2) is 60.7 Å². The summed E-state index contributed by atoms with van der Waals surface area (Å²) in [4.78, 5) is 15.0. The molecule has 196 valence electrons. The average Bonchev–Trinajstić information content (AvgIpc) is 3.36. The molecule has 1 aromatic heterocycles. The molecule has 0 saturated carbocycles. The molecular formula is C27H22ClF4N5O. The van der Waals surface area contributed by atoms with Crippen LogP contribution in [0.1, 0.15) is 41.0 Å². The number of hydrogen-bond donors (Lipinski definition) is 2. The number of nitrogens with zero attached hydrogens (tertiary/aromatic N) is 3. The van der Waals surface area contributed by atoms with Crippen molar-refractivity contribution in [3.05, 3.63) is 88.5 Å². The summed E-state index contributed by atoms with van der Waals surface area (Å²) < 4.78 is 56.4. The van der Waals surface area contributed by atoms with Gasteiger partial charge in [-0.05, 0) is 72.5 Å². The molecule has 6 nitrogen and oxygen atoms in total. The molecule has 0 radical (unpaired) electrons. The van der Waals surface area contributed by atoms with Crippen molar-refractivity contribution in [3.63, 3.8) is 0 Å². The Kier molecular flexibility index (Phi) is 6.83. The van der Waals surface area contributed by atoms with E-state index in [1.807, 2.05) is 4.90 Å². The van der Waals surface area contributed by atoms with E-state index in [9.17, 15) is 22.4 Å². The second kappa shape index (κ2) is 10.1. The third-order valence-electron chi connectivity index (χ3n) is 6.43. The molecule has 2 heterocycles. The van der Waals surface area contributed by atoms with E-state index >= 15 is 0 Å². The predicted molar refractivity (Wildman–Crippen MR) is 138 cm³/mol. The molecular weight excluding hydrogens is 522 g/mol. The number of aromatic nitrogens is 2. The number of halogens is 5. The Bertz CT molecular complexity index is 1540. The lowest BCUT2D eigenvalue weighted by Gasteiger charge is -2.29. The van der Waals surface area contributed by atoms with Crippen molar-refractivity contribution in [2.75, 3.05) is 18.4 Å². The zero-order valence-electron chi connectivity index (χ0n) is 19.9. The molecule has 3 aromatic carbocycles. The molecule has 0 unspecified atom stereocenters. The number of alkyl halides is 3. The minimum absolute atomic E-state index is 0.187. The van der Waals surface area contributed by atoms with Crippen LogP contribution in [0.25, 0.3) is 16.5 Å². The fourth-order valence-electron chi connectivity index (χ4n) is 4.46. The second-order valence-corrected chi connectivity index (χ2v) is 9.48. The second-order valence-electron chi connectivity index (χ2n) is 9.05. The SMILES string of the molecule is N=C(c1ccc(NC(=O)c2cc(C(F)(F)F)nn2-c2ccc3cc(Cl)ccc3c2)c(F)c1)N1CCCCC1. The summed E-state index contributed by atoms with van der Waals surface area (Å²) in [6, 6.07) is 14.4. The number of fused-ring (bicyclic) bond motifs is 1. The zero-order valence-corrected chi connectivity index (χ0v) is 20.7. The molecule has 0 aliphatic carbocycles. The van der Waals surface area contributed by atoms with E-state index in [1.165, 1.54) is 18.2 Å². The number of nitrogens with one attached hydrogen (secondary N) is 2. The number of rotatable bonds is 4. The Hall–Kier alpha value is -3.92. The van der Waals surface area contributed by atoms with Gasteiger partial charge < -0.3 is 10.2 Å². The Morgan fingerprint density at radius 1 is 0.947 bits per heavy atom. The lowest BCUT2D eigenvalue weighted by Crippen LogP contribution is -2.35. The fourth-order valence-corrected chi connectivity index (χ4v) is 4.64. The van der Waals surface area contributed by atoms with Crippen molar-refractivity contribution in [2.24, 2.45) is 0 Å². The van der Waals surface area contributed by atoms with E-state index in [0.29, 0.717) is 35.1 Å². The third kappa shape index (κ3) is 5.22. The van der Waals surface area contributed by atoms with Gasteiger partial charge in [-0.3, -0.25) is 10.2 Å². The van der Waals surface area contributed by atoms with E-state index in [0.717, 1.165) is 35.4 Å². The first-order valence-electron chi connectivity index (χ1n) is 11.9. The highest BCUT2D eigenvalue weighted by Crippen LogP contribution is 2.31. The van der Waals surface area contributed by atoms with Crippen LogP contribution in [0.5, 0.6) is 0 Å². The van der Waals surface area contributed by atoms with Gasteiger partial charge in [0.1, 0.15) is 17.3 Å². The number of benzene rings is 3. The predicted octanol–water partition coefficient (Wildman–Crippen LogP) is 6.90. The highest BCUT2D eigenvalue weighted by Gasteiger charge is 2.36. The van der Waals surface area contributed by atoms with Gasteiger partial charge in [-0.25, -0.2) is 9.07 Å². The number of amides is 1. The van der Waals surface area contributed by atoms with Crippen LogP contribution in [-0.2, 0) is 6.18 Å². The number of likely N-dealkylation sites (tertiary alicyclic amines) is 1. The summed E-state index contributed by atoms with van der Waals surface area (Å²) in [6.07, 6.45) is -1.80. The van der Waals surface area contributed by atoms with Crippen molar-refractivity contribution in [3.8, 4) is 5.69 Å². The molecule has 1 fully saturated rings. The standard InChI is InChI=1S/C27H22ClF4N5O/c28-19-7-4-17-13-20(8-5-16(17)12-19)37-23(15-24(35-37)27(30,31)32)26(38)34-22-9-6-18(14-21(22)29)25(33)36-10-2-1-3-11-36/h4-9,12-15,33H,1-3,10-11H2,(H,34,38). The summed E-state index contributed by atoms with van der Waals surface area (Å²) in [5.74, 6) is -1.59. The average molecular weight is 544 g/mol. The van der Waals surface area contributed by atoms with Crippen LogP contribution < -0.4 is 5.32 Å². The van der Waals surface area contributed by atoms with Gasteiger partial charge in [-0.1, -0.05) is 23.7 Å². The fraction of sp³-hybridized carbons (Fsp3) is 0.222. The minimum atomic E-state index is -4.80. The van der Waals surface area contributed by atoms with E-state index in [1.54, 1.807) is 30.3 Å².